The normalized spacial score (nSPS) is 13.9. The van der Waals surface area contributed by atoms with E-state index in [1.165, 1.54) is 11.1 Å². The van der Waals surface area contributed by atoms with Gasteiger partial charge in [0.05, 0.1) is 12.4 Å². The zero-order valence-corrected chi connectivity index (χ0v) is 11.8. The molecule has 4 nitrogen and oxygen atoms in total. The van der Waals surface area contributed by atoms with Crippen LogP contribution in [0.4, 0.5) is 11.6 Å². The molecule has 1 aromatic carbocycles. The smallest absolute Gasteiger partial charge is 0.149 e. The van der Waals surface area contributed by atoms with E-state index in [0.717, 1.165) is 44.1 Å². The minimum absolute atomic E-state index is 0.864. The van der Waals surface area contributed by atoms with Gasteiger partial charge in [-0.1, -0.05) is 31.2 Å². The van der Waals surface area contributed by atoms with Gasteiger partial charge >= 0.3 is 0 Å². The lowest BCUT2D eigenvalue weighted by Gasteiger charge is -2.29. The zero-order chi connectivity index (χ0) is 13.8. The monoisotopic (exact) mass is 268 g/mol. The second-order valence-corrected chi connectivity index (χ2v) is 5.13. The molecule has 104 valence electrons. The maximum Gasteiger partial charge on any atom is 0.149 e. The largest absolute Gasteiger partial charge is 0.369 e. The van der Waals surface area contributed by atoms with Gasteiger partial charge in [0.15, 0.2) is 0 Å². The van der Waals surface area contributed by atoms with E-state index in [-0.39, 0.29) is 0 Å². The molecule has 2 aromatic rings. The molecule has 0 atom stereocenters. The Kier molecular flexibility index (Phi) is 3.81. The number of anilines is 2. The summed E-state index contributed by atoms with van der Waals surface area (Å²) < 4.78 is 0. The lowest BCUT2D eigenvalue weighted by atomic mass is 10.0. The molecule has 0 aliphatic carbocycles. The number of nitrogens with zero attached hydrogens (tertiary/aromatic N) is 3. The van der Waals surface area contributed by atoms with Crippen LogP contribution in [-0.2, 0) is 13.0 Å². The SMILES string of the molecule is CCCNc1cncc(N2CCc3ccccc3C2)n1. The van der Waals surface area contributed by atoms with Crippen LogP contribution in [0.25, 0.3) is 0 Å². The van der Waals surface area contributed by atoms with Crippen molar-refractivity contribution in [2.45, 2.75) is 26.3 Å². The first-order valence-electron chi connectivity index (χ1n) is 7.24. The maximum atomic E-state index is 4.66. The lowest BCUT2D eigenvalue weighted by Crippen LogP contribution is -2.31. The van der Waals surface area contributed by atoms with Gasteiger partial charge in [0.1, 0.15) is 11.6 Å². The van der Waals surface area contributed by atoms with Gasteiger partial charge < -0.3 is 10.2 Å². The summed E-state index contributed by atoms with van der Waals surface area (Å²) in [5.74, 6) is 1.82. The predicted molar refractivity (Wildman–Crippen MR) is 82.0 cm³/mol. The van der Waals surface area contributed by atoms with Gasteiger partial charge in [0, 0.05) is 19.6 Å². The van der Waals surface area contributed by atoms with Crippen LogP contribution in [0.15, 0.2) is 36.7 Å². The zero-order valence-electron chi connectivity index (χ0n) is 11.8. The Morgan fingerprint density at radius 3 is 2.90 bits per heavy atom. The first-order chi connectivity index (χ1) is 9.86. The van der Waals surface area contributed by atoms with Gasteiger partial charge in [0.25, 0.3) is 0 Å². The van der Waals surface area contributed by atoms with Crippen molar-refractivity contribution in [3.63, 3.8) is 0 Å². The second kappa shape index (κ2) is 5.90. The molecular weight excluding hydrogens is 248 g/mol. The molecule has 1 N–H and O–H groups in total. The summed E-state index contributed by atoms with van der Waals surface area (Å²) in [4.78, 5) is 11.3. The number of nitrogens with one attached hydrogen (secondary N) is 1. The Hall–Kier alpha value is -2.10. The summed E-state index contributed by atoms with van der Waals surface area (Å²) in [7, 11) is 0. The van der Waals surface area contributed by atoms with Crippen LogP contribution in [0.5, 0.6) is 0 Å². The third kappa shape index (κ3) is 2.74. The highest BCUT2D eigenvalue weighted by atomic mass is 15.2. The van der Waals surface area contributed by atoms with E-state index in [4.69, 9.17) is 0 Å². The number of benzene rings is 1. The Labute approximate surface area is 119 Å². The third-order valence-electron chi connectivity index (χ3n) is 3.63. The van der Waals surface area contributed by atoms with Crippen molar-refractivity contribution in [3.8, 4) is 0 Å². The maximum absolute atomic E-state index is 4.66. The van der Waals surface area contributed by atoms with Gasteiger partial charge in [-0.15, -0.1) is 0 Å². The summed E-state index contributed by atoms with van der Waals surface area (Å²) in [6.45, 7) is 5.00. The third-order valence-corrected chi connectivity index (χ3v) is 3.63. The fourth-order valence-corrected chi connectivity index (χ4v) is 2.54. The van der Waals surface area contributed by atoms with Crippen molar-refractivity contribution in [1.82, 2.24) is 9.97 Å². The van der Waals surface area contributed by atoms with Crippen molar-refractivity contribution < 1.29 is 0 Å². The van der Waals surface area contributed by atoms with Crippen molar-refractivity contribution >= 4 is 11.6 Å². The van der Waals surface area contributed by atoms with Crippen molar-refractivity contribution in [3.05, 3.63) is 47.8 Å². The van der Waals surface area contributed by atoms with Crippen LogP contribution in [0.1, 0.15) is 24.5 Å². The highest BCUT2D eigenvalue weighted by Crippen LogP contribution is 2.23. The van der Waals surface area contributed by atoms with Crippen molar-refractivity contribution in [2.24, 2.45) is 0 Å². The molecule has 1 aromatic heterocycles. The van der Waals surface area contributed by atoms with Crippen LogP contribution < -0.4 is 10.2 Å². The summed E-state index contributed by atoms with van der Waals surface area (Å²) in [5, 5.41) is 3.29. The molecule has 0 spiro atoms. The molecule has 1 aliphatic heterocycles. The molecule has 20 heavy (non-hydrogen) atoms. The molecule has 1 aliphatic rings. The molecule has 0 radical (unpaired) electrons. The van der Waals surface area contributed by atoms with E-state index in [1.54, 1.807) is 6.20 Å². The topological polar surface area (TPSA) is 41.1 Å². The summed E-state index contributed by atoms with van der Waals surface area (Å²) in [5.41, 5.74) is 2.85. The van der Waals surface area contributed by atoms with E-state index in [2.05, 4.69) is 51.4 Å². The molecule has 0 amide bonds. The second-order valence-electron chi connectivity index (χ2n) is 5.13. The first-order valence-corrected chi connectivity index (χ1v) is 7.24. The van der Waals surface area contributed by atoms with E-state index in [1.807, 2.05) is 6.20 Å². The summed E-state index contributed by atoms with van der Waals surface area (Å²) in [6.07, 6.45) is 5.80. The molecule has 0 saturated heterocycles. The van der Waals surface area contributed by atoms with Gasteiger partial charge in [-0.3, -0.25) is 4.98 Å². The number of fused-ring (bicyclic) bond motifs is 1. The highest BCUT2D eigenvalue weighted by molar-refractivity contribution is 5.47. The highest BCUT2D eigenvalue weighted by Gasteiger charge is 2.17. The average molecular weight is 268 g/mol. The molecule has 0 bridgehead atoms. The summed E-state index contributed by atoms with van der Waals surface area (Å²) >= 11 is 0. The Morgan fingerprint density at radius 2 is 2.05 bits per heavy atom. The lowest BCUT2D eigenvalue weighted by molar-refractivity contribution is 0.718. The fourth-order valence-electron chi connectivity index (χ4n) is 2.54. The summed E-state index contributed by atoms with van der Waals surface area (Å²) in [6, 6.07) is 8.64. The fraction of sp³-hybridized carbons (Fsp3) is 0.375. The van der Waals surface area contributed by atoms with Gasteiger partial charge in [-0.2, -0.15) is 0 Å². The van der Waals surface area contributed by atoms with E-state index >= 15 is 0 Å². The molecule has 3 rings (SSSR count). The standard InChI is InChI=1S/C16H20N4/c1-2-8-18-15-10-17-11-16(19-15)20-9-7-13-5-3-4-6-14(13)12-20/h3-6,10-11H,2,7-9,12H2,1H3,(H,18,19). The molecule has 2 heterocycles. The molecule has 0 saturated carbocycles. The van der Waals surface area contributed by atoms with E-state index < -0.39 is 0 Å². The van der Waals surface area contributed by atoms with Crippen LogP contribution in [-0.4, -0.2) is 23.1 Å². The quantitative estimate of drug-likeness (QED) is 0.925. The Bertz CT molecular complexity index is 582. The Balaban J connectivity index is 1.77. The van der Waals surface area contributed by atoms with Crippen LogP contribution in [0.2, 0.25) is 0 Å². The minimum Gasteiger partial charge on any atom is -0.369 e. The first kappa shape index (κ1) is 12.9. The minimum atomic E-state index is 0.864. The van der Waals surface area contributed by atoms with Crippen LogP contribution >= 0.6 is 0 Å². The molecule has 0 fully saturated rings. The average Bonchev–Trinajstić information content (AvgIpc) is 2.53. The van der Waals surface area contributed by atoms with Gasteiger partial charge in [-0.05, 0) is 24.0 Å². The predicted octanol–water partition coefficient (Wildman–Crippen LogP) is 2.86. The number of hydrogen-bond acceptors (Lipinski definition) is 4. The van der Waals surface area contributed by atoms with Gasteiger partial charge in [0.2, 0.25) is 0 Å². The molecular formula is C16H20N4. The molecule has 0 unspecified atom stereocenters. The van der Waals surface area contributed by atoms with Gasteiger partial charge in [-0.25, -0.2) is 4.98 Å². The van der Waals surface area contributed by atoms with Crippen LogP contribution in [0.3, 0.4) is 0 Å². The van der Waals surface area contributed by atoms with Crippen molar-refractivity contribution in [2.75, 3.05) is 23.3 Å². The number of rotatable bonds is 4. The van der Waals surface area contributed by atoms with E-state index in [9.17, 15) is 0 Å². The van der Waals surface area contributed by atoms with Crippen LogP contribution in [0, 0.1) is 0 Å². The number of aromatic nitrogens is 2. The van der Waals surface area contributed by atoms with E-state index in [0.29, 0.717) is 0 Å². The number of hydrogen-bond donors (Lipinski definition) is 1. The van der Waals surface area contributed by atoms with Crippen molar-refractivity contribution in [1.29, 1.82) is 0 Å². The Morgan fingerprint density at radius 1 is 1.20 bits per heavy atom. The molecule has 4 heteroatoms.